The minimum atomic E-state index is 0.524. The van der Waals surface area contributed by atoms with Gasteiger partial charge in [0, 0.05) is 38.1 Å². The normalized spacial score (nSPS) is 16.5. The molecule has 2 rings (SSSR count). The molecule has 0 spiro atoms. The Bertz CT molecular complexity index is 417. The predicted molar refractivity (Wildman–Crippen MR) is 86.9 cm³/mol. The van der Waals surface area contributed by atoms with Crippen molar-refractivity contribution in [2.45, 2.75) is 57.9 Å². The second-order valence-electron chi connectivity index (χ2n) is 5.82. The molecule has 2 N–H and O–H groups in total. The minimum Gasteiger partial charge on any atom is -0.385 e. The van der Waals surface area contributed by atoms with E-state index >= 15 is 0 Å². The molecule has 1 heterocycles. The smallest absolute Gasteiger partial charge is 0.225 e. The summed E-state index contributed by atoms with van der Waals surface area (Å²) in [6, 6.07) is 2.51. The van der Waals surface area contributed by atoms with Crippen molar-refractivity contribution >= 4 is 11.8 Å². The van der Waals surface area contributed by atoms with Crippen molar-refractivity contribution in [2.75, 3.05) is 30.9 Å². The fraction of sp³-hybridized carbons (Fsp3) is 0.750. The van der Waals surface area contributed by atoms with E-state index < -0.39 is 0 Å². The summed E-state index contributed by atoms with van der Waals surface area (Å²) >= 11 is 0. The molecule has 1 aliphatic carbocycles. The first-order valence-electron chi connectivity index (χ1n) is 8.13. The largest absolute Gasteiger partial charge is 0.385 e. The van der Waals surface area contributed by atoms with E-state index in [1.807, 2.05) is 13.0 Å². The van der Waals surface area contributed by atoms with Gasteiger partial charge in [0.05, 0.1) is 0 Å². The van der Waals surface area contributed by atoms with Crippen LogP contribution in [0.1, 0.15) is 50.6 Å². The van der Waals surface area contributed by atoms with Crippen molar-refractivity contribution in [1.82, 2.24) is 9.97 Å². The third-order valence-electron chi connectivity index (χ3n) is 3.87. The number of rotatable bonds is 7. The Morgan fingerprint density at radius 2 is 1.95 bits per heavy atom. The summed E-state index contributed by atoms with van der Waals surface area (Å²) in [4.78, 5) is 9.10. The molecule has 0 aromatic carbocycles. The molecule has 0 aliphatic heterocycles. The quantitative estimate of drug-likeness (QED) is 0.596. The summed E-state index contributed by atoms with van der Waals surface area (Å²) < 4.78 is 5.05. The first-order chi connectivity index (χ1) is 10.3. The Kier molecular flexibility index (Phi) is 6.73. The summed E-state index contributed by atoms with van der Waals surface area (Å²) in [6.07, 6.45) is 8.78. The van der Waals surface area contributed by atoms with Gasteiger partial charge in [0.25, 0.3) is 0 Å². The molecule has 21 heavy (non-hydrogen) atoms. The van der Waals surface area contributed by atoms with E-state index in [0.29, 0.717) is 6.04 Å². The molecule has 0 atom stereocenters. The first kappa shape index (κ1) is 16.0. The maximum absolute atomic E-state index is 5.05. The van der Waals surface area contributed by atoms with Crippen LogP contribution in [0.2, 0.25) is 0 Å². The van der Waals surface area contributed by atoms with Gasteiger partial charge in [-0.25, -0.2) is 4.98 Å². The van der Waals surface area contributed by atoms with Gasteiger partial charge >= 0.3 is 0 Å². The van der Waals surface area contributed by atoms with Crippen LogP contribution in [-0.4, -0.2) is 36.3 Å². The average molecular weight is 292 g/mol. The summed E-state index contributed by atoms with van der Waals surface area (Å²) in [7, 11) is 1.73. The highest BCUT2D eigenvalue weighted by molar-refractivity contribution is 5.42. The molecule has 0 bridgehead atoms. The number of methoxy groups -OCH3 is 1. The second kappa shape index (κ2) is 8.82. The SMILES string of the molecule is COCCCNc1cc(C)nc(NC2CCCCCC2)n1. The maximum Gasteiger partial charge on any atom is 0.225 e. The van der Waals surface area contributed by atoms with Gasteiger partial charge in [-0.1, -0.05) is 25.7 Å². The molecule has 1 aromatic heterocycles. The molecule has 5 nitrogen and oxygen atoms in total. The van der Waals surface area contributed by atoms with E-state index in [4.69, 9.17) is 4.74 Å². The number of anilines is 2. The predicted octanol–water partition coefficient (Wildman–Crippen LogP) is 3.37. The van der Waals surface area contributed by atoms with Gasteiger partial charge in [-0.05, 0) is 26.2 Å². The summed E-state index contributed by atoms with van der Waals surface area (Å²) in [5, 5.41) is 6.86. The third-order valence-corrected chi connectivity index (χ3v) is 3.87. The van der Waals surface area contributed by atoms with Crippen molar-refractivity contribution in [3.63, 3.8) is 0 Å². The van der Waals surface area contributed by atoms with Crippen LogP contribution in [0.5, 0.6) is 0 Å². The summed E-state index contributed by atoms with van der Waals surface area (Å²) in [5.41, 5.74) is 0.996. The number of nitrogens with one attached hydrogen (secondary N) is 2. The van der Waals surface area contributed by atoms with Crippen LogP contribution >= 0.6 is 0 Å². The zero-order chi connectivity index (χ0) is 14.9. The van der Waals surface area contributed by atoms with Gasteiger partial charge in [0.1, 0.15) is 5.82 Å². The number of aromatic nitrogens is 2. The molecule has 1 saturated carbocycles. The van der Waals surface area contributed by atoms with Crippen LogP contribution in [0.4, 0.5) is 11.8 Å². The van der Waals surface area contributed by atoms with Crippen molar-refractivity contribution in [3.8, 4) is 0 Å². The lowest BCUT2D eigenvalue weighted by Crippen LogP contribution is -2.20. The van der Waals surface area contributed by atoms with Crippen LogP contribution in [0, 0.1) is 6.92 Å². The highest BCUT2D eigenvalue weighted by atomic mass is 16.5. The Labute approximate surface area is 127 Å². The van der Waals surface area contributed by atoms with E-state index in [9.17, 15) is 0 Å². The molecule has 0 unspecified atom stereocenters. The van der Waals surface area contributed by atoms with Crippen LogP contribution in [0.3, 0.4) is 0 Å². The highest BCUT2D eigenvalue weighted by Crippen LogP contribution is 2.20. The van der Waals surface area contributed by atoms with Gasteiger partial charge in [0.15, 0.2) is 0 Å². The standard InChI is InChI=1S/C16H28N4O/c1-13-12-15(17-10-7-11-21-2)20-16(18-13)19-14-8-5-3-4-6-9-14/h12,14H,3-11H2,1-2H3,(H2,17,18,19,20). The molecular weight excluding hydrogens is 264 g/mol. The Hall–Kier alpha value is -1.36. The van der Waals surface area contributed by atoms with Gasteiger partial charge in [-0.15, -0.1) is 0 Å². The molecule has 1 aliphatic rings. The molecule has 1 fully saturated rings. The first-order valence-corrected chi connectivity index (χ1v) is 8.13. The number of aryl methyl sites for hydroxylation is 1. The maximum atomic E-state index is 5.05. The number of hydrogen-bond acceptors (Lipinski definition) is 5. The number of nitrogens with zero attached hydrogens (tertiary/aromatic N) is 2. The van der Waals surface area contributed by atoms with Crippen LogP contribution in [-0.2, 0) is 4.74 Å². The summed E-state index contributed by atoms with van der Waals surface area (Å²) in [6.45, 7) is 3.65. The zero-order valence-electron chi connectivity index (χ0n) is 13.3. The third kappa shape index (κ3) is 5.87. The minimum absolute atomic E-state index is 0.524. The van der Waals surface area contributed by atoms with Crippen molar-refractivity contribution in [3.05, 3.63) is 11.8 Å². The van der Waals surface area contributed by atoms with E-state index in [1.165, 1.54) is 38.5 Å². The molecule has 0 radical (unpaired) electrons. The lowest BCUT2D eigenvalue weighted by molar-refractivity contribution is 0.198. The topological polar surface area (TPSA) is 59.1 Å². The molecule has 0 amide bonds. The van der Waals surface area contributed by atoms with E-state index in [2.05, 4.69) is 20.6 Å². The molecule has 118 valence electrons. The number of ether oxygens (including phenoxy) is 1. The average Bonchev–Trinajstić information content (AvgIpc) is 2.72. The zero-order valence-corrected chi connectivity index (χ0v) is 13.3. The monoisotopic (exact) mass is 292 g/mol. The second-order valence-corrected chi connectivity index (χ2v) is 5.82. The molecule has 1 aromatic rings. The van der Waals surface area contributed by atoms with Crippen molar-refractivity contribution < 1.29 is 4.74 Å². The molecule has 5 heteroatoms. The van der Waals surface area contributed by atoms with Crippen LogP contribution < -0.4 is 10.6 Å². The van der Waals surface area contributed by atoms with E-state index in [0.717, 1.165) is 37.0 Å². The van der Waals surface area contributed by atoms with Crippen LogP contribution in [0.15, 0.2) is 6.07 Å². The van der Waals surface area contributed by atoms with E-state index in [1.54, 1.807) is 7.11 Å². The lowest BCUT2D eigenvalue weighted by Gasteiger charge is -2.17. The Morgan fingerprint density at radius 1 is 1.19 bits per heavy atom. The summed E-state index contributed by atoms with van der Waals surface area (Å²) in [5.74, 6) is 1.66. The molecule has 0 saturated heterocycles. The highest BCUT2D eigenvalue weighted by Gasteiger charge is 2.13. The Balaban J connectivity index is 1.90. The van der Waals surface area contributed by atoms with Gasteiger partial charge < -0.3 is 15.4 Å². The van der Waals surface area contributed by atoms with E-state index in [-0.39, 0.29) is 0 Å². The van der Waals surface area contributed by atoms with Gasteiger partial charge in [-0.2, -0.15) is 4.98 Å². The van der Waals surface area contributed by atoms with Gasteiger partial charge in [-0.3, -0.25) is 0 Å². The van der Waals surface area contributed by atoms with Crippen molar-refractivity contribution in [2.24, 2.45) is 0 Å². The lowest BCUT2D eigenvalue weighted by atomic mass is 10.1. The fourth-order valence-corrected chi connectivity index (χ4v) is 2.76. The fourth-order valence-electron chi connectivity index (χ4n) is 2.76. The molecular formula is C16H28N4O. The van der Waals surface area contributed by atoms with Crippen molar-refractivity contribution in [1.29, 1.82) is 0 Å². The van der Waals surface area contributed by atoms with Crippen LogP contribution in [0.25, 0.3) is 0 Å². The van der Waals surface area contributed by atoms with Gasteiger partial charge in [0.2, 0.25) is 5.95 Å². The Morgan fingerprint density at radius 3 is 2.67 bits per heavy atom. The number of hydrogen-bond donors (Lipinski definition) is 2.